The first kappa shape index (κ1) is 18.1. The highest BCUT2D eigenvalue weighted by Crippen LogP contribution is 2.22. The normalized spacial score (nSPS) is 13.1. The van der Waals surface area contributed by atoms with E-state index >= 15 is 0 Å². The molecule has 0 saturated carbocycles. The minimum absolute atomic E-state index is 0.117. The van der Waals surface area contributed by atoms with Crippen LogP contribution in [-0.4, -0.2) is 35.1 Å². The topological polar surface area (TPSA) is 86.9 Å². The van der Waals surface area contributed by atoms with Crippen LogP contribution in [0.25, 0.3) is 0 Å². The lowest BCUT2D eigenvalue weighted by Gasteiger charge is -2.11. The van der Waals surface area contributed by atoms with Gasteiger partial charge in [0.1, 0.15) is 5.82 Å². The molecule has 0 aliphatic heterocycles. The summed E-state index contributed by atoms with van der Waals surface area (Å²) in [5, 5.41) is 13.0. The van der Waals surface area contributed by atoms with E-state index in [4.69, 9.17) is 0 Å². The first-order valence-electron chi connectivity index (χ1n) is 8.99. The van der Waals surface area contributed by atoms with Gasteiger partial charge < -0.3 is 10.6 Å². The maximum absolute atomic E-state index is 12.8. The van der Waals surface area contributed by atoms with Gasteiger partial charge in [0.05, 0.1) is 5.69 Å². The fourth-order valence-electron chi connectivity index (χ4n) is 3.16. The Morgan fingerprint density at radius 1 is 1.08 bits per heavy atom. The highest BCUT2D eigenvalue weighted by molar-refractivity contribution is 5.94. The molecule has 3 N–H and O–H groups in total. The van der Waals surface area contributed by atoms with Crippen molar-refractivity contribution in [3.05, 3.63) is 52.6 Å². The summed E-state index contributed by atoms with van der Waals surface area (Å²) in [6.45, 7) is 0.766. The van der Waals surface area contributed by atoms with Crippen molar-refractivity contribution in [2.75, 3.05) is 13.1 Å². The number of benzene rings is 1. The van der Waals surface area contributed by atoms with E-state index in [1.807, 2.05) is 0 Å². The third-order valence-corrected chi connectivity index (χ3v) is 4.57. The van der Waals surface area contributed by atoms with Crippen LogP contribution in [-0.2, 0) is 24.1 Å². The second-order valence-electron chi connectivity index (χ2n) is 6.45. The summed E-state index contributed by atoms with van der Waals surface area (Å²) in [5.74, 6) is -0.825. The number of H-pyrrole nitrogens is 1. The lowest BCUT2D eigenvalue weighted by atomic mass is 9.95. The van der Waals surface area contributed by atoms with Gasteiger partial charge in [-0.25, -0.2) is 4.39 Å². The fourth-order valence-corrected chi connectivity index (χ4v) is 3.16. The molecule has 0 saturated heterocycles. The molecule has 3 rings (SSSR count). The highest BCUT2D eigenvalue weighted by Gasteiger charge is 2.16. The number of fused-ring (bicyclic) bond motifs is 1. The monoisotopic (exact) mass is 358 g/mol. The zero-order chi connectivity index (χ0) is 18.4. The van der Waals surface area contributed by atoms with Crippen LogP contribution in [0, 0.1) is 5.82 Å². The Hall–Kier alpha value is -2.70. The molecule has 0 radical (unpaired) electrons. The van der Waals surface area contributed by atoms with E-state index in [0.29, 0.717) is 18.5 Å². The second kappa shape index (κ2) is 8.60. The molecule has 1 aliphatic carbocycles. The fraction of sp³-hybridized carbons (Fsp3) is 0.421. The van der Waals surface area contributed by atoms with Crippen LogP contribution in [0.3, 0.4) is 0 Å². The molecule has 138 valence electrons. The summed E-state index contributed by atoms with van der Waals surface area (Å²) in [6.07, 6.45) is 5.42. The SMILES string of the molecule is O=C(CCNC(=O)c1ccc(F)cc1)NCCc1n[nH]c2c1CCCC2. The molecule has 1 aromatic carbocycles. The number of carbonyl (C=O) groups excluding carboxylic acids is 2. The number of aromatic amines is 1. The molecule has 7 heteroatoms. The summed E-state index contributed by atoms with van der Waals surface area (Å²) < 4.78 is 12.8. The van der Waals surface area contributed by atoms with Crippen molar-refractivity contribution in [2.45, 2.75) is 38.5 Å². The van der Waals surface area contributed by atoms with Gasteiger partial charge in [-0.2, -0.15) is 5.10 Å². The molecule has 1 heterocycles. The van der Waals surface area contributed by atoms with E-state index in [0.717, 1.165) is 18.5 Å². The van der Waals surface area contributed by atoms with Crippen LogP contribution in [0.4, 0.5) is 4.39 Å². The number of nitrogens with one attached hydrogen (secondary N) is 3. The molecule has 26 heavy (non-hydrogen) atoms. The Bertz CT molecular complexity index is 770. The van der Waals surface area contributed by atoms with Gasteiger partial charge in [0.25, 0.3) is 5.91 Å². The number of aromatic nitrogens is 2. The number of halogens is 1. The minimum atomic E-state index is -0.390. The Kier molecular flexibility index (Phi) is 5.99. The predicted molar refractivity (Wildman–Crippen MR) is 95.3 cm³/mol. The zero-order valence-corrected chi connectivity index (χ0v) is 14.6. The summed E-state index contributed by atoms with van der Waals surface area (Å²) in [6, 6.07) is 5.29. The molecule has 0 fully saturated rings. The number of aryl methyl sites for hydroxylation is 1. The molecule has 1 aromatic heterocycles. The highest BCUT2D eigenvalue weighted by atomic mass is 19.1. The largest absolute Gasteiger partial charge is 0.356 e. The van der Waals surface area contributed by atoms with E-state index in [-0.39, 0.29) is 30.6 Å². The Labute approximate surface area is 151 Å². The Morgan fingerprint density at radius 3 is 2.65 bits per heavy atom. The molecule has 0 spiro atoms. The second-order valence-corrected chi connectivity index (χ2v) is 6.45. The maximum Gasteiger partial charge on any atom is 0.251 e. The summed E-state index contributed by atoms with van der Waals surface area (Å²) in [4.78, 5) is 23.7. The van der Waals surface area contributed by atoms with Gasteiger partial charge in [-0.15, -0.1) is 0 Å². The van der Waals surface area contributed by atoms with Gasteiger partial charge in [-0.1, -0.05) is 0 Å². The lowest BCUT2D eigenvalue weighted by Crippen LogP contribution is -2.31. The van der Waals surface area contributed by atoms with Crippen LogP contribution in [0.1, 0.15) is 46.6 Å². The zero-order valence-electron chi connectivity index (χ0n) is 14.6. The van der Waals surface area contributed by atoms with Crippen molar-refractivity contribution < 1.29 is 14.0 Å². The van der Waals surface area contributed by atoms with Gasteiger partial charge in [0, 0.05) is 37.2 Å². The molecular formula is C19H23FN4O2. The van der Waals surface area contributed by atoms with E-state index in [9.17, 15) is 14.0 Å². The molecule has 2 amide bonds. The minimum Gasteiger partial charge on any atom is -0.356 e. The van der Waals surface area contributed by atoms with Crippen LogP contribution < -0.4 is 10.6 Å². The van der Waals surface area contributed by atoms with Crippen molar-refractivity contribution in [1.29, 1.82) is 0 Å². The van der Waals surface area contributed by atoms with Crippen molar-refractivity contribution in [3.63, 3.8) is 0 Å². The van der Waals surface area contributed by atoms with Gasteiger partial charge in [0.2, 0.25) is 5.91 Å². The first-order chi connectivity index (χ1) is 12.6. The summed E-state index contributed by atoms with van der Waals surface area (Å²) >= 11 is 0. The van der Waals surface area contributed by atoms with Crippen LogP contribution in [0.15, 0.2) is 24.3 Å². The standard InChI is InChI=1S/C19H23FN4O2/c20-14-7-5-13(6-8-14)19(26)22-12-10-18(25)21-11-9-17-15-3-1-2-4-16(15)23-24-17/h5-8H,1-4,9-12H2,(H,21,25)(H,22,26)(H,23,24). The Morgan fingerprint density at radius 2 is 1.85 bits per heavy atom. The lowest BCUT2D eigenvalue weighted by molar-refractivity contribution is -0.120. The van der Waals surface area contributed by atoms with Gasteiger partial charge in [-0.3, -0.25) is 14.7 Å². The summed E-state index contributed by atoms with van der Waals surface area (Å²) in [7, 11) is 0. The maximum atomic E-state index is 12.8. The molecule has 2 aromatic rings. The van der Waals surface area contributed by atoms with Crippen molar-refractivity contribution in [3.8, 4) is 0 Å². The molecule has 6 nitrogen and oxygen atoms in total. The van der Waals surface area contributed by atoms with Crippen molar-refractivity contribution >= 4 is 11.8 Å². The molecule has 0 bridgehead atoms. The number of nitrogens with zero attached hydrogens (tertiary/aromatic N) is 1. The van der Waals surface area contributed by atoms with Gasteiger partial charge >= 0.3 is 0 Å². The quantitative estimate of drug-likeness (QED) is 0.707. The van der Waals surface area contributed by atoms with E-state index in [2.05, 4.69) is 20.8 Å². The molecular weight excluding hydrogens is 335 g/mol. The van der Waals surface area contributed by atoms with Gasteiger partial charge in [-0.05, 0) is 55.5 Å². The number of rotatable bonds is 7. The average molecular weight is 358 g/mol. The van der Waals surface area contributed by atoms with E-state index in [1.54, 1.807) is 0 Å². The Balaban J connectivity index is 1.35. The average Bonchev–Trinajstić information content (AvgIpc) is 3.05. The first-order valence-corrected chi connectivity index (χ1v) is 8.99. The number of carbonyl (C=O) groups is 2. The van der Waals surface area contributed by atoms with Crippen molar-refractivity contribution in [2.24, 2.45) is 0 Å². The van der Waals surface area contributed by atoms with Gasteiger partial charge in [0.15, 0.2) is 0 Å². The molecule has 1 aliphatic rings. The third kappa shape index (κ3) is 4.68. The number of hydrogen-bond acceptors (Lipinski definition) is 3. The van der Waals surface area contributed by atoms with Crippen LogP contribution >= 0.6 is 0 Å². The third-order valence-electron chi connectivity index (χ3n) is 4.57. The number of amides is 2. The number of hydrogen-bond donors (Lipinski definition) is 3. The van der Waals surface area contributed by atoms with Crippen LogP contribution in [0.2, 0.25) is 0 Å². The van der Waals surface area contributed by atoms with Crippen molar-refractivity contribution in [1.82, 2.24) is 20.8 Å². The predicted octanol–water partition coefficient (Wildman–Crippen LogP) is 1.91. The van der Waals surface area contributed by atoms with Crippen LogP contribution in [0.5, 0.6) is 0 Å². The smallest absolute Gasteiger partial charge is 0.251 e. The molecule has 0 unspecified atom stereocenters. The molecule has 0 atom stereocenters. The summed E-state index contributed by atoms with van der Waals surface area (Å²) in [5.41, 5.74) is 3.97. The van der Waals surface area contributed by atoms with E-state index < -0.39 is 0 Å². The van der Waals surface area contributed by atoms with E-state index in [1.165, 1.54) is 48.4 Å².